The zero-order valence-electron chi connectivity index (χ0n) is 15.0. The Morgan fingerprint density at radius 1 is 1.12 bits per heavy atom. The fraction of sp³-hybridized carbons (Fsp3) is 0.389. The van der Waals surface area contributed by atoms with Crippen molar-refractivity contribution in [2.75, 3.05) is 11.9 Å². The number of hydrogen-bond acceptors (Lipinski definition) is 7. The maximum Gasteiger partial charge on any atom is 0.228 e. The van der Waals surface area contributed by atoms with E-state index in [9.17, 15) is 0 Å². The minimum absolute atomic E-state index is 0.196. The van der Waals surface area contributed by atoms with Gasteiger partial charge < -0.3 is 10.3 Å². The van der Waals surface area contributed by atoms with Crippen molar-refractivity contribution in [3.05, 3.63) is 53.8 Å². The van der Waals surface area contributed by atoms with Crippen LogP contribution in [0.1, 0.15) is 41.8 Å². The summed E-state index contributed by atoms with van der Waals surface area (Å²) in [6, 6.07) is 2.15. The quantitative estimate of drug-likeness (QED) is 0.730. The molecule has 8 heteroatoms. The molecule has 0 radical (unpaired) electrons. The summed E-state index contributed by atoms with van der Waals surface area (Å²) in [5, 5.41) is 3.26. The predicted molar refractivity (Wildman–Crippen MR) is 97.8 cm³/mol. The smallest absolute Gasteiger partial charge is 0.228 e. The number of nitrogens with one attached hydrogen (secondary N) is 2. The first-order valence-corrected chi connectivity index (χ1v) is 8.81. The summed E-state index contributed by atoms with van der Waals surface area (Å²) in [5.74, 6) is 2.24. The minimum Gasteiger partial charge on any atom is -0.348 e. The van der Waals surface area contributed by atoms with Gasteiger partial charge in [0, 0.05) is 36.2 Å². The van der Waals surface area contributed by atoms with Crippen LogP contribution < -0.4 is 5.32 Å². The summed E-state index contributed by atoms with van der Waals surface area (Å²) in [6.45, 7) is 5.70. The van der Waals surface area contributed by atoms with Gasteiger partial charge in [-0.2, -0.15) is 0 Å². The van der Waals surface area contributed by atoms with Crippen molar-refractivity contribution < 1.29 is 0 Å². The van der Waals surface area contributed by atoms with Crippen LogP contribution in [0, 0.1) is 13.8 Å². The fourth-order valence-corrected chi connectivity index (χ4v) is 3.48. The number of H-pyrrole nitrogens is 1. The Kier molecular flexibility index (Phi) is 4.57. The molecular formula is C18H22N8. The van der Waals surface area contributed by atoms with Crippen LogP contribution in [0.2, 0.25) is 0 Å². The van der Waals surface area contributed by atoms with Crippen LogP contribution >= 0.6 is 0 Å². The molecule has 0 saturated carbocycles. The van der Waals surface area contributed by atoms with Gasteiger partial charge in [0.25, 0.3) is 0 Å². The molecule has 1 aliphatic heterocycles. The van der Waals surface area contributed by atoms with E-state index in [4.69, 9.17) is 0 Å². The molecule has 134 valence electrons. The minimum atomic E-state index is 0.196. The monoisotopic (exact) mass is 350 g/mol. The van der Waals surface area contributed by atoms with Gasteiger partial charge in [-0.05, 0) is 39.3 Å². The first-order chi connectivity index (χ1) is 12.7. The van der Waals surface area contributed by atoms with E-state index in [2.05, 4.69) is 40.1 Å². The topological polar surface area (TPSA) is 95.5 Å². The van der Waals surface area contributed by atoms with Crippen LogP contribution in [0.5, 0.6) is 0 Å². The SMILES string of the molecule is Cc1cc(C)nc(Nc2nccnc2[C@H]2CCCN2Cc2ncc[nH]2)n1. The Hall–Kier alpha value is -2.87. The second-order valence-electron chi connectivity index (χ2n) is 6.55. The zero-order valence-corrected chi connectivity index (χ0v) is 15.0. The van der Waals surface area contributed by atoms with E-state index in [1.165, 1.54) is 0 Å². The van der Waals surface area contributed by atoms with Gasteiger partial charge in [0.05, 0.1) is 12.6 Å². The molecule has 1 saturated heterocycles. The second kappa shape index (κ2) is 7.17. The molecule has 0 aliphatic carbocycles. The van der Waals surface area contributed by atoms with E-state index in [0.29, 0.717) is 11.8 Å². The van der Waals surface area contributed by atoms with E-state index < -0.39 is 0 Å². The highest BCUT2D eigenvalue weighted by Gasteiger charge is 2.30. The van der Waals surface area contributed by atoms with Crippen molar-refractivity contribution in [1.29, 1.82) is 0 Å². The van der Waals surface area contributed by atoms with E-state index >= 15 is 0 Å². The van der Waals surface area contributed by atoms with Crippen LogP contribution in [0.4, 0.5) is 11.8 Å². The van der Waals surface area contributed by atoms with Gasteiger partial charge in [-0.25, -0.2) is 19.9 Å². The van der Waals surface area contributed by atoms with Gasteiger partial charge in [0.1, 0.15) is 11.5 Å². The molecule has 1 aliphatic rings. The average molecular weight is 350 g/mol. The van der Waals surface area contributed by atoms with Crippen LogP contribution in [0.3, 0.4) is 0 Å². The Bertz CT molecular complexity index is 856. The molecule has 0 amide bonds. The summed E-state index contributed by atoms with van der Waals surface area (Å²) in [6.07, 6.45) is 9.25. The van der Waals surface area contributed by atoms with Crippen LogP contribution in [0.15, 0.2) is 30.9 Å². The Morgan fingerprint density at radius 3 is 2.69 bits per heavy atom. The molecule has 1 fully saturated rings. The second-order valence-corrected chi connectivity index (χ2v) is 6.55. The summed E-state index contributed by atoms with van der Waals surface area (Å²) in [4.78, 5) is 28.0. The molecule has 0 unspecified atom stereocenters. The number of rotatable bonds is 5. The van der Waals surface area contributed by atoms with Crippen molar-refractivity contribution in [2.24, 2.45) is 0 Å². The Morgan fingerprint density at radius 2 is 1.92 bits per heavy atom. The number of hydrogen-bond donors (Lipinski definition) is 2. The van der Waals surface area contributed by atoms with Crippen molar-refractivity contribution >= 4 is 11.8 Å². The summed E-state index contributed by atoms with van der Waals surface area (Å²) in [7, 11) is 0. The Balaban J connectivity index is 1.60. The molecule has 8 nitrogen and oxygen atoms in total. The number of likely N-dealkylation sites (tertiary alicyclic amines) is 1. The average Bonchev–Trinajstić information content (AvgIpc) is 3.27. The fourth-order valence-electron chi connectivity index (χ4n) is 3.48. The lowest BCUT2D eigenvalue weighted by atomic mass is 10.1. The maximum atomic E-state index is 4.63. The Labute approximate surface area is 152 Å². The number of aryl methyl sites for hydroxylation is 2. The molecule has 3 aromatic rings. The summed E-state index contributed by atoms with van der Waals surface area (Å²) in [5.41, 5.74) is 2.77. The molecule has 1 atom stereocenters. The van der Waals surface area contributed by atoms with Gasteiger partial charge in [0.2, 0.25) is 5.95 Å². The highest BCUT2D eigenvalue weighted by atomic mass is 15.2. The van der Waals surface area contributed by atoms with Crippen molar-refractivity contribution in [3.8, 4) is 0 Å². The van der Waals surface area contributed by atoms with E-state index in [1.807, 2.05) is 26.1 Å². The normalized spacial score (nSPS) is 17.5. The van der Waals surface area contributed by atoms with Crippen molar-refractivity contribution in [3.63, 3.8) is 0 Å². The summed E-state index contributed by atoms with van der Waals surface area (Å²) < 4.78 is 0. The van der Waals surface area contributed by atoms with Crippen LogP contribution in [0.25, 0.3) is 0 Å². The highest BCUT2D eigenvalue weighted by Crippen LogP contribution is 2.35. The number of anilines is 2. The maximum absolute atomic E-state index is 4.63. The van der Waals surface area contributed by atoms with Crippen molar-refractivity contribution in [2.45, 2.75) is 39.3 Å². The molecule has 2 N–H and O–H groups in total. The number of nitrogens with zero attached hydrogens (tertiary/aromatic N) is 6. The lowest BCUT2D eigenvalue weighted by Gasteiger charge is -2.24. The van der Waals surface area contributed by atoms with Gasteiger partial charge in [0.15, 0.2) is 5.82 Å². The molecule has 4 rings (SSSR count). The molecular weight excluding hydrogens is 328 g/mol. The third-order valence-electron chi connectivity index (χ3n) is 4.53. The molecule has 4 heterocycles. The van der Waals surface area contributed by atoms with Gasteiger partial charge in [-0.15, -0.1) is 0 Å². The molecule has 26 heavy (non-hydrogen) atoms. The van der Waals surface area contributed by atoms with Gasteiger partial charge in [-0.3, -0.25) is 9.88 Å². The third-order valence-corrected chi connectivity index (χ3v) is 4.53. The van der Waals surface area contributed by atoms with Gasteiger partial charge >= 0.3 is 0 Å². The predicted octanol–water partition coefficient (Wildman–Crippen LogP) is 2.69. The lowest BCUT2D eigenvalue weighted by Crippen LogP contribution is -2.25. The largest absolute Gasteiger partial charge is 0.348 e. The zero-order chi connectivity index (χ0) is 17.9. The third kappa shape index (κ3) is 3.55. The van der Waals surface area contributed by atoms with E-state index in [0.717, 1.165) is 48.8 Å². The van der Waals surface area contributed by atoms with Crippen molar-refractivity contribution in [1.82, 2.24) is 34.8 Å². The molecule has 0 spiro atoms. The molecule has 3 aromatic heterocycles. The number of aromatic amines is 1. The van der Waals surface area contributed by atoms with E-state index in [1.54, 1.807) is 18.6 Å². The number of imidazole rings is 1. The van der Waals surface area contributed by atoms with E-state index in [-0.39, 0.29) is 6.04 Å². The molecule has 0 bridgehead atoms. The molecule has 0 aromatic carbocycles. The van der Waals surface area contributed by atoms with Gasteiger partial charge in [-0.1, -0.05) is 0 Å². The standard InChI is InChI=1S/C18H22N8/c1-12-10-13(2)24-18(23-12)25-17-16(21-7-8-22-17)14-4-3-9-26(14)11-15-19-5-6-20-15/h5-8,10,14H,3-4,9,11H2,1-2H3,(H,19,20)(H,22,23,24,25)/t14-/m1/s1. The highest BCUT2D eigenvalue weighted by molar-refractivity contribution is 5.52. The first-order valence-electron chi connectivity index (χ1n) is 8.81. The first kappa shape index (κ1) is 16.6. The van der Waals surface area contributed by atoms with Crippen LogP contribution in [-0.4, -0.2) is 41.3 Å². The van der Waals surface area contributed by atoms with Crippen LogP contribution in [-0.2, 0) is 6.54 Å². The number of aromatic nitrogens is 6. The lowest BCUT2D eigenvalue weighted by molar-refractivity contribution is 0.239. The summed E-state index contributed by atoms with van der Waals surface area (Å²) >= 11 is 0.